The Morgan fingerprint density at radius 1 is 0.769 bits per heavy atom. The number of fused-ring (bicyclic) bond motifs is 1. The van der Waals surface area contributed by atoms with Crippen molar-refractivity contribution in [3.63, 3.8) is 0 Å². The number of hydrogen-bond acceptors (Lipinski definition) is 3. The summed E-state index contributed by atoms with van der Waals surface area (Å²) in [5.74, 6) is -0.440. The van der Waals surface area contributed by atoms with E-state index in [0.717, 1.165) is 22.5 Å². The van der Waals surface area contributed by atoms with Gasteiger partial charge in [0.25, 0.3) is 0 Å². The molecule has 26 heavy (non-hydrogen) atoms. The summed E-state index contributed by atoms with van der Waals surface area (Å²) in [5, 5.41) is 5.77. The molecule has 0 atom stereocenters. The highest BCUT2D eigenvalue weighted by atomic mass is 16.1. The predicted molar refractivity (Wildman–Crippen MR) is 105 cm³/mol. The maximum Gasteiger partial charge on any atom is 0.248 e. The molecule has 0 saturated carbocycles. The zero-order chi connectivity index (χ0) is 17.9. The molecular formula is C22H17N3O. The molecule has 4 nitrogen and oxygen atoms in total. The van der Waals surface area contributed by atoms with Crippen LogP contribution >= 0.6 is 0 Å². The minimum atomic E-state index is -0.440. The second-order valence-electron chi connectivity index (χ2n) is 6.09. The van der Waals surface area contributed by atoms with Crippen LogP contribution in [0.15, 0.2) is 85.2 Å². The number of carbonyl (C=O) groups excluding carboxylic acids is 1. The van der Waals surface area contributed by atoms with Gasteiger partial charge in [-0.2, -0.15) is 0 Å². The molecule has 4 rings (SSSR count). The van der Waals surface area contributed by atoms with Crippen molar-refractivity contribution in [2.75, 3.05) is 5.32 Å². The lowest BCUT2D eigenvalue weighted by atomic mass is 10.0. The molecule has 0 radical (unpaired) electrons. The molecule has 0 saturated heterocycles. The fourth-order valence-electron chi connectivity index (χ4n) is 2.95. The standard InChI is InChI=1S/C22H17N3O/c23-22(26)18-7-3-6-16(10-18)19-12-21(14-24-13-19)25-20-9-8-15-4-1-2-5-17(15)11-20/h1-14,25H,(H2,23,26). The lowest BCUT2D eigenvalue weighted by Crippen LogP contribution is -2.10. The quantitative estimate of drug-likeness (QED) is 0.564. The number of primary amides is 1. The van der Waals surface area contributed by atoms with Crippen molar-refractivity contribution in [1.29, 1.82) is 0 Å². The number of amides is 1. The summed E-state index contributed by atoms with van der Waals surface area (Å²) in [6.45, 7) is 0. The maximum atomic E-state index is 11.4. The molecule has 126 valence electrons. The first-order chi connectivity index (χ1) is 12.7. The predicted octanol–water partition coefficient (Wildman–Crippen LogP) is 4.74. The van der Waals surface area contributed by atoms with E-state index in [0.29, 0.717) is 5.56 Å². The molecule has 0 fully saturated rings. The van der Waals surface area contributed by atoms with Gasteiger partial charge in [-0.3, -0.25) is 9.78 Å². The summed E-state index contributed by atoms with van der Waals surface area (Å²) in [6, 6.07) is 23.7. The van der Waals surface area contributed by atoms with Gasteiger partial charge in [0.2, 0.25) is 5.91 Å². The molecule has 0 aliphatic rings. The Kier molecular flexibility index (Phi) is 4.07. The Balaban J connectivity index is 1.65. The number of anilines is 2. The van der Waals surface area contributed by atoms with E-state index in [4.69, 9.17) is 5.73 Å². The van der Waals surface area contributed by atoms with E-state index >= 15 is 0 Å². The molecule has 4 aromatic rings. The molecule has 1 aromatic heterocycles. The van der Waals surface area contributed by atoms with Gasteiger partial charge in [-0.05, 0) is 46.7 Å². The third-order valence-electron chi connectivity index (χ3n) is 4.26. The molecule has 0 aliphatic heterocycles. The summed E-state index contributed by atoms with van der Waals surface area (Å²) >= 11 is 0. The summed E-state index contributed by atoms with van der Waals surface area (Å²) in [5.41, 5.74) is 9.54. The maximum absolute atomic E-state index is 11.4. The highest BCUT2D eigenvalue weighted by Crippen LogP contribution is 2.26. The van der Waals surface area contributed by atoms with Gasteiger partial charge in [0.1, 0.15) is 0 Å². The first-order valence-corrected chi connectivity index (χ1v) is 8.30. The van der Waals surface area contributed by atoms with Gasteiger partial charge in [-0.1, -0.05) is 42.5 Å². The summed E-state index contributed by atoms with van der Waals surface area (Å²) < 4.78 is 0. The van der Waals surface area contributed by atoms with Crippen molar-refractivity contribution in [2.45, 2.75) is 0 Å². The largest absolute Gasteiger partial charge is 0.366 e. The van der Waals surface area contributed by atoms with Crippen LogP contribution in [-0.2, 0) is 0 Å². The number of nitrogens with zero attached hydrogens (tertiary/aromatic N) is 1. The van der Waals surface area contributed by atoms with Crippen LogP contribution in [0.4, 0.5) is 11.4 Å². The van der Waals surface area contributed by atoms with Crippen LogP contribution in [0.1, 0.15) is 10.4 Å². The highest BCUT2D eigenvalue weighted by molar-refractivity contribution is 5.94. The van der Waals surface area contributed by atoms with Crippen molar-refractivity contribution in [3.05, 3.63) is 90.8 Å². The fraction of sp³-hybridized carbons (Fsp3) is 0. The molecule has 1 heterocycles. The van der Waals surface area contributed by atoms with Crippen LogP contribution in [0.5, 0.6) is 0 Å². The van der Waals surface area contributed by atoms with Crippen molar-refractivity contribution in [1.82, 2.24) is 4.98 Å². The first kappa shape index (κ1) is 15.8. The van der Waals surface area contributed by atoms with E-state index in [1.54, 1.807) is 24.5 Å². The van der Waals surface area contributed by atoms with E-state index in [1.165, 1.54) is 10.8 Å². The third kappa shape index (κ3) is 3.26. The molecule has 1 amide bonds. The van der Waals surface area contributed by atoms with Gasteiger partial charge < -0.3 is 11.1 Å². The normalized spacial score (nSPS) is 10.6. The monoisotopic (exact) mass is 339 g/mol. The van der Waals surface area contributed by atoms with Crippen LogP contribution < -0.4 is 11.1 Å². The topological polar surface area (TPSA) is 68.0 Å². The first-order valence-electron chi connectivity index (χ1n) is 8.30. The van der Waals surface area contributed by atoms with Gasteiger partial charge >= 0.3 is 0 Å². The zero-order valence-corrected chi connectivity index (χ0v) is 14.0. The second-order valence-corrected chi connectivity index (χ2v) is 6.09. The zero-order valence-electron chi connectivity index (χ0n) is 14.0. The Labute approximate surface area is 151 Å². The Bertz CT molecular complexity index is 1100. The van der Waals surface area contributed by atoms with E-state index in [1.807, 2.05) is 36.4 Å². The van der Waals surface area contributed by atoms with E-state index in [9.17, 15) is 4.79 Å². The molecule has 0 unspecified atom stereocenters. The van der Waals surface area contributed by atoms with Crippen LogP contribution in [0.2, 0.25) is 0 Å². The number of carbonyl (C=O) groups is 1. The van der Waals surface area contributed by atoms with Crippen LogP contribution in [0.25, 0.3) is 21.9 Å². The number of benzene rings is 3. The van der Waals surface area contributed by atoms with Gasteiger partial charge in [0.15, 0.2) is 0 Å². The molecule has 3 N–H and O–H groups in total. The molecule has 0 aliphatic carbocycles. The summed E-state index contributed by atoms with van der Waals surface area (Å²) in [7, 11) is 0. The number of aromatic nitrogens is 1. The molecule has 0 spiro atoms. The summed E-state index contributed by atoms with van der Waals surface area (Å²) in [6.07, 6.45) is 3.54. The van der Waals surface area contributed by atoms with Crippen molar-refractivity contribution in [2.24, 2.45) is 5.73 Å². The molecule has 3 aromatic carbocycles. The minimum absolute atomic E-state index is 0.440. The third-order valence-corrected chi connectivity index (χ3v) is 4.26. The highest BCUT2D eigenvalue weighted by Gasteiger charge is 2.05. The van der Waals surface area contributed by atoms with E-state index < -0.39 is 5.91 Å². The number of nitrogens with two attached hydrogens (primary N) is 1. The lowest BCUT2D eigenvalue weighted by molar-refractivity contribution is 0.100. The second kappa shape index (κ2) is 6.69. The smallest absolute Gasteiger partial charge is 0.248 e. The minimum Gasteiger partial charge on any atom is -0.366 e. The molecule has 4 heteroatoms. The number of nitrogens with one attached hydrogen (secondary N) is 1. The van der Waals surface area contributed by atoms with Gasteiger partial charge in [-0.15, -0.1) is 0 Å². The van der Waals surface area contributed by atoms with E-state index in [2.05, 4.69) is 34.6 Å². The van der Waals surface area contributed by atoms with Gasteiger partial charge in [0, 0.05) is 23.0 Å². The molecule has 0 bridgehead atoms. The Morgan fingerprint density at radius 2 is 1.62 bits per heavy atom. The summed E-state index contributed by atoms with van der Waals surface area (Å²) in [4.78, 5) is 15.7. The fourth-order valence-corrected chi connectivity index (χ4v) is 2.95. The van der Waals surface area contributed by atoms with Crippen molar-refractivity contribution < 1.29 is 4.79 Å². The van der Waals surface area contributed by atoms with Gasteiger partial charge in [-0.25, -0.2) is 0 Å². The Hall–Kier alpha value is -3.66. The van der Waals surface area contributed by atoms with Crippen LogP contribution in [0, 0.1) is 0 Å². The number of hydrogen-bond donors (Lipinski definition) is 2. The Morgan fingerprint density at radius 3 is 2.46 bits per heavy atom. The van der Waals surface area contributed by atoms with Crippen molar-refractivity contribution >= 4 is 28.1 Å². The molecular weight excluding hydrogens is 322 g/mol. The van der Waals surface area contributed by atoms with Crippen LogP contribution in [-0.4, -0.2) is 10.9 Å². The lowest BCUT2D eigenvalue weighted by Gasteiger charge is -2.10. The SMILES string of the molecule is NC(=O)c1cccc(-c2cncc(Nc3ccc4ccccc4c3)c2)c1. The van der Waals surface area contributed by atoms with Crippen LogP contribution in [0.3, 0.4) is 0 Å². The van der Waals surface area contributed by atoms with E-state index in [-0.39, 0.29) is 0 Å². The number of rotatable bonds is 4. The van der Waals surface area contributed by atoms with Gasteiger partial charge in [0.05, 0.1) is 11.9 Å². The average molecular weight is 339 g/mol. The average Bonchev–Trinajstić information content (AvgIpc) is 2.68. The number of pyridine rings is 1. The van der Waals surface area contributed by atoms with Crippen molar-refractivity contribution in [3.8, 4) is 11.1 Å².